The van der Waals surface area contributed by atoms with Crippen molar-refractivity contribution < 1.29 is 24.5 Å². The molecule has 2 N–H and O–H groups in total. The Morgan fingerprint density at radius 1 is 1.19 bits per heavy atom. The maximum absolute atomic E-state index is 11.3. The highest BCUT2D eigenvalue weighted by atomic mass is 32.1. The van der Waals surface area contributed by atoms with Crippen LogP contribution < -0.4 is 4.90 Å². The van der Waals surface area contributed by atoms with Crippen molar-refractivity contribution in [2.24, 2.45) is 0 Å². The van der Waals surface area contributed by atoms with Crippen LogP contribution in [0, 0.1) is 6.92 Å². The lowest BCUT2D eigenvalue weighted by atomic mass is 9.82. The van der Waals surface area contributed by atoms with Crippen LogP contribution in [0.3, 0.4) is 0 Å². The van der Waals surface area contributed by atoms with Crippen molar-refractivity contribution in [3.63, 3.8) is 0 Å². The van der Waals surface area contributed by atoms with Gasteiger partial charge in [-0.15, -0.1) is 11.3 Å². The van der Waals surface area contributed by atoms with Gasteiger partial charge in [0, 0.05) is 30.1 Å². The van der Waals surface area contributed by atoms with E-state index < -0.39 is 17.5 Å². The van der Waals surface area contributed by atoms with Gasteiger partial charge in [-0.3, -0.25) is 0 Å². The van der Waals surface area contributed by atoms with Crippen LogP contribution in [0.4, 0.5) is 5.95 Å². The normalized spacial score (nSPS) is 18.3. The SMILES string of the molecule is Cc1cc(C(=O)O)nc(N2CCC3(CC2)OCCc2sc(C(=O)O)cc23)n1. The predicted molar refractivity (Wildman–Crippen MR) is 97.8 cm³/mol. The molecule has 0 amide bonds. The van der Waals surface area contributed by atoms with Crippen LogP contribution in [0.25, 0.3) is 0 Å². The fourth-order valence-electron chi connectivity index (χ4n) is 3.81. The third-order valence-electron chi connectivity index (χ3n) is 5.13. The van der Waals surface area contributed by atoms with Crippen LogP contribution in [-0.4, -0.2) is 51.8 Å². The minimum Gasteiger partial charge on any atom is -0.477 e. The molecule has 1 saturated heterocycles. The lowest BCUT2D eigenvalue weighted by Gasteiger charge is -2.44. The summed E-state index contributed by atoms with van der Waals surface area (Å²) in [5.41, 5.74) is 1.11. The summed E-state index contributed by atoms with van der Waals surface area (Å²) in [6.07, 6.45) is 2.09. The maximum Gasteiger partial charge on any atom is 0.354 e. The Morgan fingerprint density at radius 3 is 2.59 bits per heavy atom. The van der Waals surface area contributed by atoms with E-state index >= 15 is 0 Å². The molecule has 2 aliphatic rings. The monoisotopic (exact) mass is 389 g/mol. The molecule has 0 unspecified atom stereocenters. The first-order valence-corrected chi connectivity index (χ1v) is 9.54. The summed E-state index contributed by atoms with van der Waals surface area (Å²) in [5, 5.41) is 18.5. The molecular weight excluding hydrogens is 370 g/mol. The number of carbonyl (C=O) groups is 2. The number of fused-ring (bicyclic) bond motifs is 2. The van der Waals surface area contributed by atoms with Gasteiger partial charge in [-0.25, -0.2) is 19.6 Å². The summed E-state index contributed by atoms with van der Waals surface area (Å²) < 4.78 is 6.15. The number of nitrogens with zero attached hydrogens (tertiary/aromatic N) is 3. The second-order valence-corrected chi connectivity index (χ2v) is 7.97. The van der Waals surface area contributed by atoms with Crippen molar-refractivity contribution in [1.82, 2.24) is 9.97 Å². The topological polar surface area (TPSA) is 113 Å². The number of aryl methyl sites for hydroxylation is 1. The van der Waals surface area contributed by atoms with Crippen LogP contribution in [0.2, 0.25) is 0 Å². The first-order chi connectivity index (χ1) is 12.9. The van der Waals surface area contributed by atoms with E-state index in [4.69, 9.17) is 4.74 Å². The lowest BCUT2D eigenvalue weighted by molar-refractivity contribution is -0.0758. The molecule has 0 atom stereocenters. The van der Waals surface area contributed by atoms with E-state index in [9.17, 15) is 19.8 Å². The first kappa shape index (κ1) is 17.9. The maximum atomic E-state index is 11.3. The number of anilines is 1. The van der Waals surface area contributed by atoms with Crippen molar-refractivity contribution in [2.75, 3.05) is 24.6 Å². The number of aromatic carboxylic acids is 2. The number of carboxylic acid groups (broad SMARTS) is 2. The van der Waals surface area contributed by atoms with Gasteiger partial charge in [0.15, 0.2) is 5.69 Å². The van der Waals surface area contributed by atoms with Crippen LogP contribution in [0.15, 0.2) is 12.1 Å². The van der Waals surface area contributed by atoms with Crippen LogP contribution in [0.5, 0.6) is 0 Å². The number of aromatic nitrogens is 2. The van der Waals surface area contributed by atoms with Gasteiger partial charge in [0.2, 0.25) is 5.95 Å². The molecule has 8 nitrogen and oxygen atoms in total. The number of rotatable bonds is 3. The molecule has 1 spiro atoms. The van der Waals surface area contributed by atoms with Gasteiger partial charge in [-0.05, 0) is 37.5 Å². The van der Waals surface area contributed by atoms with E-state index in [0.717, 1.165) is 16.9 Å². The van der Waals surface area contributed by atoms with Crippen molar-refractivity contribution in [2.45, 2.75) is 31.8 Å². The molecule has 0 aliphatic carbocycles. The summed E-state index contributed by atoms with van der Waals surface area (Å²) >= 11 is 1.33. The smallest absolute Gasteiger partial charge is 0.354 e. The highest BCUT2D eigenvalue weighted by Gasteiger charge is 2.42. The van der Waals surface area contributed by atoms with Gasteiger partial charge < -0.3 is 19.8 Å². The molecule has 142 valence electrons. The van der Waals surface area contributed by atoms with Crippen molar-refractivity contribution in [3.8, 4) is 0 Å². The molecule has 0 radical (unpaired) electrons. The number of thiophene rings is 1. The molecule has 4 heterocycles. The largest absolute Gasteiger partial charge is 0.477 e. The third-order valence-corrected chi connectivity index (χ3v) is 6.32. The summed E-state index contributed by atoms with van der Waals surface area (Å²) in [4.78, 5) is 34.5. The van der Waals surface area contributed by atoms with Gasteiger partial charge >= 0.3 is 11.9 Å². The Morgan fingerprint density at radius 2 is 1.93 bits per heavy atom. The van der Waals surface area contributed by atoms with E-state index in [1.807, 2.05) is 4.90 Å². The van der Waals surface area contributed by atoms with E-state index in [1.54, 1.807) is 13.0 Å². The van der Waals surface area contributed by atoms with E-state index in [-0.39, 0.29) is 5.69 Å². The van der Waals surface area contributed by atoms with Crippen LogP contribution in [0.1, 0.15) is 49.1 Å². The Kier molecular flexibility index (Phi) is 4.35. The Hall–Kier alpha value is -2.52. The third kappa shape index (κ3) is 3.17. The second kappa shape index (κ2) is 6.58. The van der Waals surface area contributed by atoms with Crippen LogP contribution in [-0.2, 0) is 16.8 Å². The fraction of sp³-hybridized carbons (Fsp3) is 0.444. The molecule has 1 fully saturated rings. The van der Waals surface area contributed by atoms with Crippen LogP contribution >= 0.6 is 11.3 Å². The van der Waals surface area contributed by atoms with Crippen molar-refractivity contribution in [1.29, 1.82) is 0 Å². The number of hydrogen-bond acceptors (Lipinski definition) is 7. The zero-order valence-electron chi connectivity index (χ0n) is 14.8. The predicted octanol–water partition coefficient (Wildman–Crippen LogP) is 2.31. The molecule has 4 rings (SSSR count). The minimum atomic E-state index is -1.07. The summed E-state index contributed by atoms with van der Waals surface area (Å²) in [5.74, 6) is -1.57. The fourth-order valence-corrected chi connectivity index (χ4v) is 4.88. The highest BCUT2D eigenvalue weighted by molar-refractivity contribution is 7.14. The lowest BCUT2D eigenvalue weighted by Crippen LogP contribution is -2.46. The summed E-state index contributed by atoms with van der Waals surface area (Å²) in [6.45, 7) is 3.55. The summed E-state index contributed by atoms with van der Waals surface area (Å²) in [7, 11) is 0. The standard InChI is InChI=1S/C18H19N3O5S/c1-10-8-12(15(22)23)20-17(19-10)21-5-3-18(4-6-21)11-9-14(16(24)25)27-13(11)2-7-26-18/h8-9H,2-7H2,1H3,(H,22,23)(H,24,25). The number of carboxylic acids is 2. The van der Waals surface area contributed by atoms with Gasteiger partial charge in [0.25, 0.3) is 0 Å². The molecule has 2 aliphatic heterocycles. The second-order valence-electron chi connectivity index (χ2n) is 6.83. The average Bonchev–Trinajstić information content (AvgIpc) is 3.08. The number of hydrogen-bond donors (Lipinski definition) is 2. The van der Waals surface area contributed by atoms with Gasteiger partial charge in [-0.1, -0.05) is 0 Å². The zero-order valence-corrected chi connectivity index (χ0v) is 15.6. The molecular formula is C18H19N3O5S. The molecule has 0 bridgehead atoms. The molecule has 0 saturated carbocycles. The molecule has 0 aromatic carbocycles. The van der Waals surface area contributed by atoms with Gasteiger partial charge in [0.1, 0.15) is 4.88 Å². The quantitative estimate of drug-likeness (QED) is 0.822. The Balaban J connectivity index is 1.58. The van der Waals surface area contributed by atoms with E-state index in [1.165, 1.54) is 17.4 Å². The molecule has 27 heavy (non-hydrogen) atoms. The number of ether oxygens (including phenoxy) is 1. The first-order valence-electron chi connectivity index (χ1n) is 8.72. The highest BCUT2D eigenvalue weighted by Crippen LogP contribution is 2.44. The average molecular weight is 389 g/mol. The zero-order chi connectivity index (χ0) is 19.2. The van der Waals surface area contributed by atoms with Crippen molar-refractivity contribution >= 4 is 29.2 Å². The summed E-state index contributed by atoms with van der Waals surface area (Å²) in [6, 6.07) is 3.20. The molecule has 2 aromatic heterocycles. The molecule has 2 aromatic rings. The minimum absolute atomic E-state index is 0.0158. The van der Waals surface area contributed by atoms with Gasteiger partial charge in [0.05, 0.1) is 12.2 Å². The van der Waals surface area contributed by atoms with E-state index in [2.05, 4.69) is 9.97 Å². The Bertz CT molecular complexity index is 918. The number of piperidine rings is 1. The van der Waals surface area contributed by atoms with Gasteiger partial charge in [-0.2, -0.15) is 0 Å². The van der Waals surface area contributed by atoms with Crippen molar-refractivity contribution in [3.05, 3.63) is 38.8 Å². The Labute approximate surface area is 159 Å². The molecule has 9 heteroatoms. The van der Waals surface area contributed by atoms with E-state index in [0.29, 0.717) is 49.1 Å².